The van der Waals surface area contributed by atoms with Crippen LogP contribution in [0, 0.1) is 11.8 Å². The molecule has 1 unspecified atom stereocenters. The summed E-state index contributed by atoms with van der Waals surface area (Å²) in [7, 11) is 0. The van der Waals surface area contributed by atoms with Crippen LogP contribution in [0.15, 0.2) is 0 Å². The number of carbonyl (C=O) groups is 1. The largest absolute Gasteiger partial charge is 0.356 e. The Morgan fingerprint density at radius 1 is 1.53 bits per heavy atom. The molecule has 1 amide bonds. The molecule has 1 aliphatic rings. The van der Waals surface area contributed by atoms with Crippen LogP contribution in [0.2, 0.25) is 0 Å². The summed E-state index contributed by atoms with van der Waals surface area (Å²) in [6.07, 6.45) is 1.83. The van der Waals surface area contributed by atoms with E-state index < -0.39 is 0 Å². The molecule has 1 fully saturated rings. The van der Waals surface area contributed by atoms with Crippen LogP contribution in [0.25, 0.3) is 0 Å². The third-order valence-corrected chi connectivity index (χ3v) is 2.90. The molecule has 0 aromatic heterocycles. The first-order chi connectivity index (χ1) is 7.11. The first-order valence-corrected chi connectivity index (χ1v) is 6.10. The molecule has 0 saturated carbocycles. The second kappa shape index (κ2) is 6.11. The molecule has 1 saturated heterocycles. The van der Waals surface area contributed by atoms with Gasteiger partial charge in [0.15, 0.2) is 0 Å². The molecule has 0 aromatic rings. The minimum absolute atomic E-state index is 0.178. The number of amides is 1. The summed E-state index contributed by atoms with van der Waals surface area (Å²) in [6, 6.07) is 0. The van der Waals surface area contributed by atoms with Gasteiger partial charge < -0.3 is 10.2 Å². The Morgan fingerprint density at radius 3 is 2.87 bits per heavy atom. The van der Waals surface area contributed by atoms with Crippen LogP contribution in [-0.2, 0) is 4.79 Å². The Hall–Kier alpha value is -0.570. The summed E-state index contributed by atoms with van der Waals surface area (Å²) >= 11 is 0. The average Bonchev–Trinajstić information content (AvgIpc) is 2.61. The Balaban J connectivity index is 2.16. The summed E-state index contributed by atoms with van der Waals surface area (Å²) in [4.78, 5) is 13.6. The van der Waals surface area contributed by atoms with Crippen LogP contribution in [0.5, 0.6) is 0 Å². The molecular formula is C12H24N2O. The van der Waals surface area contributed by atoms with Gasteiger partial charge in [0, 0.05) is 26.1 Å². The van der Waals surface area contributed by atoms with Gasteiger partial charge in [0.05, 0.1) is 0 Å². The zero-order chi connectivity index (χ0) is 11.3. The van der Waals surface area contributed by atoms with E-state index in [0.29, 0.717) is 12.3 Å². The highest BCUT2D eigenvalue weighted by molar-refractivity contribution is 5.75. The van der Waals surface area contributed by atoms with E-state index in [1.54, 1.807) is 0 Å². The average molecular weight is 212 g/mol. The van der Waals surface area contributed by atoms with Gasteiger partial charge in [-0.1, -0.05) is 20.8 Å². The number of hydrogen-bond acceptors (Lipinski definition) is 2. The first kappa shape index (κ1) is 12.5. The zero-order valence-electron chi connectivity index (χ0n) is 10.3. The standard InChI is InChI=1S/C12H24N2O/c1-4-12(15)13-7-11-5-6-14(9-11)8-10(2)3/h10-11H,4-9H2,1-3H3,(H,13,15). The first-order valence-electron chi connectivity index (χ1n) is 6.10. The van der Waals surface area contributed by atoms with Crippen molar-refractivity contribution in [3.63, 3.8) is 0 Å². The third-order valence-electron chi connectivity index (χ3n) is 2.90. The second-order valence-electron chi connectivity index (χ2n) is 4.97. The van der Waals surface area contributed by atoms with E-state index in [0.717, 1.165) is 19.0 Å². The molecule has 3 nitrogen and oxygen atoms in total. The summed E-state index contributed by atoms with van der Waals surface area (Å²) in [5.74, 6) is 1.59. The van der Waals surface area contributed by atoms with Crippen LogP contribution in [0.1, 0.15) is 33.6 Å². The van der Waals surface area contributed by atoms with E-state index in [2.05, 4.69) is 24.1 Å². The molecule has 1 heterocycles. The minimum Gasteiger partial charge on any atom is -0.356 e. The van der Waals surface area contributed by atoms with Crippen molar-refractivity contribution >= 4 is 5.91 Å². The predicted molar refractivity (Wildman–Crippen MR) is 62.7 cm³/mol. The molecule has 15 heavy (non-hydrogen) atoms. The molecule has 88 valence electrons. The van der Waals surface area contributed by atoms with Gasteiger partial charge in [0.1, 0.15) is 0 Å². The summed E-state index contributed by atoms with van der Waals surface area (Å²) in [6.45, 7) is 10.8. The number of likely N-dealkylation sites (tertiary alicyclic amines) is 1. The highest BCUT2D eigenvalue weighted by atomic mass is 16.1. The van der Waals surface area contributed by atoms with Gasteiger partial charge in [-0.2, -0.15) is 0 Å². The van der Waals surface area contributed by atoms with Crippen molar-refractivity contribution in [2.45, 2.75) is 33.6 Å². The molecule has 1 atom stereocenters. The number of hydrogen-bond donors (Lipinski definition) is 1. The van der Waals surface area contributed by atoms with Crippen molar-refractivity contribution in [1.29, 1.82) is 0 Å². The maximum atomic E-state index is 11.1. The van der Waals surface area contributed by atoms with Crippen LogP contribution in [0.3, 0.4) is 0 Å². The van der Waals surface area contributed by atoms with E-state index in [9.17, 15) is 4.79 Å². The topological polar surface area (TPSA) is 32.3 Å². The number of carbonyl (C=O) groups excluding carboxylic acids is 1. The lowest BCUT2D eigenvalue weighted by Gasteiger charge is -2.18. The lowest BCUT2D eigenvalue weighted by molar-refractivity contribution is -0.120. The van der Waals surface area contributed by atoms with Crippen LogP contribution >= 0.6 is 0 Å². The van der Waals surface area contributed by atoms with Crippen molar-refractivity contribution in [2.24, 2.45) is 11.8 Å². The second-order valence-corrected chi connectivity index (χ2v) is 4.97. The number of nitrogens with one attached hydrogen (secondary N) is 1. The highest BCUT2D eigenvalue weighted by Crippen LogP contribution is 2.16. The zero-order valence-corrected chi connectivity index (χ0v) is 10.3. The van der Waals surface area contributed by atoms with Gasteiger partial charge >= 0.3 is 0 Å². The SMILES string of the molecule is CCC(=O)NCC1CCN(CC(C)C)C1. The quantitative estimate of drug-likeness (QED) is 0.749. The Bertz CT molecular complexity index is 204. The smallest absolute Gasteiger partial charge is 0.219 e. The van der Waals surface area contributed by atoms with E-state index >= 15 is 0 Å². The van der Waals surface area contributed by atoms with E-state index in [4.69, 9.17) is 0 Å². The highest BCUT2D eigenvalue weighted by Gasteiger charge is 2.22. The molecule has 1 N–H and O–H groups in total. The molecule has 3 heteroatoms. The maximum absolute atomic E-state index is 11.1. The summed E-state index contributed by atoms with van der Waals surface area (Å²) in [5.41, 5.74) is 0. The molecule has 0 spiro atoms. The molecular weight excluding hydrogens is 188 g/mol. The fourth-order valence-electron chi connectivity index (χ4n) is 2.14. The number of rotatable bonds is 5. The summed E-state index contributed by atoms with van der Waals surface area (Å²) in [5, 5.41) is 2.98. The lowest BCUT2D eigenvalue weighted by atomic mass is 10.1. The van der Waals surface area contributed by atoms with Crippen molar-refractivity contribution in [1.82, 2.24) is 10.2 Å². The third kappa shape index (κ3) is 4.65. The molecule has 0 bridgehead atoms. The lowest BCUT2D eigenvalue weighted by Crippen LogP contribution is -2.31. The van der Waals surface area contributed by atoms with Crippen molar-refractivity contribution in [3.8, 4) is 0 Å². The molecule has 0 radical (unpaired) electrons. The van der Waals surface area contributed by atoms with Crippen LogP contribution in [0.4, 0.5) is 0 Å². The van der Waals surface area contributed by atoms with Gasteiger partial charge in [0.25, 0.3) is 0 Å². The Kier molecular flexibility index (Phi) is 5.09. The van der Waals surface area contributed by atoms with E-state index in [-0.39, 0.29) is 5.91 Å². The minimum atomic E-state index is 0.178. The number of nitrogens with zero attached hydrogens (tertiary/aromatic N) is 1. The van der Waals surface area contributed by atoms with Crippen molar-refractivity contribution in [2.75, 3.05) is 26.2 Å². The normalized spacial score (nSPS) is 22.3. The van der Waals surface area contributed by atoms with Gasteiger partial charge in [-0.15, -0.1) is 0 Å². The van der Waals surface area contributed by atoms with Crippen LogP contribution in [-0.4, -0.2) is 37.0 Å². The molecule has 1 aliphatic heterocycles. The Labute approximate surface area is 93.2 Å². The monoisotopic (exact) mass is 212 g/mol. The maximum Gasteiger partial charge on any atom is 0.219 e. The van der Waals surface area contributed by atoms with Gasteiger partial charge in [0.2, 0.25) is 5.91 Å². The van der Waals surface area contributed by atoms with Gasteiger partial charge in [-0.05, 0) is 24.8 Å². The Morgan fingerprint density at radius 2 is 2.27 bits per heavy atom. The van der Waals surface area contributed by atoms with Crippen molar-refractivity contribution < 1.29 is 4.79 Å². The van der Waals surface area contributed by atoms with Gasteiger partial charge in [-0.3, -0.25) is 4.79 Å². The fraction of sp³-hybridized carbons (Fsp3) is 0.917. The summed E-state index contributed by atoms with van der Waals surface area (Å²) < 4.78 is 0. The van der Waals surface area contributed by atoms with Crippen molar-refractivity contribution in [3.05, 3.63) is 0 Å². The van der Waals surface area contributed by atoms with Crippen LogP contribution < -0.4 is 5.32 Å². The molecule has 0 aliphatic carbocycles. The van der Waals surface area contributed by atoms with E-state index in [1.807, 2.05) is 6.92 Å². The predicted octanol–water partition coefficient (Wildman–Crippen LogP) is 1.49. The fourth-order valence-corrected chi connectivity index (χ4v) is 2.14. The molecule has 0 aromatic carbocycles. The van der Waals surface area contributed by atoms with E-state index in [1.165, 1.54) is 19.5 Å². The molecule has 1 rings (SSSR count). The van der Waals surface area contributed by atoms with Gasteiger partial charge in [-0.25, -0.2) is 0 Å².